The fourth-order valence-corrected chi connectivity index (χ4v) is 2.41. The average Bonchev–Trinajstić information content (AvgIpc) is 2.59. The second-order valence-electron chi connectivity index (χ2n) is 5.64. The first-order valence-electron chi connectivity index (χ1n) is 8.03. The van der Waals surface area contributed by atoms with Gasteiger partial charge in [0.05, 0.1) is 17.9 Å². The third-order valence-electron chi connectivity index (χ3n) is 3.66. The molecule has 0 spiro atoms. The van der Waals surface area contributed by atoms with Crippen molar-refractivity contribution in [3.63, 3.8) is 0 Å². The average molecular weight is 432 g/mol. The zero-order valence-electron chi connectivity index (χ0n) is 15.4. The maximum atomic E-state index is 4.76. The van der Waals surface area contributed by atoms with Gasteiger partial charge in [0.25, 0.3) is 0 Å². The van der Waals surface area contributed by atoms with Crippen molar-refractivity contribution in [2.45, 2.75) is 27.7 Å². The van der Waals surface area contributed by atoms with E-state index in [4.69, 9.17) is 20.2 Å². The summed E-state index contributed by atoms with van der Waals surface area (Å²) in [6, 6.07) is 12.4. The number of rotatable bonds is 5. The molecule has 26 heavy (non-hydrogen) atoms. The molecule has 0 aliphatic heterocycles. The molecule has 0 heterocycles. The Morgan fingerprint density at radius 1 is 0.769 bits per heavy atom. The molecule has 0 radical (unpaired) electrons. The quantitative estimate of drug-likeness (QED) is 0.384. The molecule has 3 nitrogen and oxygen atoms in total. The number of hydrogen-bond acceptors (Lipinski definition) is 3. The Bertz CT molecular complexity index is 746. The van der Waals surface area contributed by atoms with Gasteiger partial charge in [-0.25, -0.2) is 0 Å². The van der Waals surface area contributed by atoms with Gasteiger partial charge in [0.15, 0.2) is 0 Å². The molecule has 0 N–H and O–H groups in total. The zero-order valence-corrected chi connectivity index (χ0v) is 18.0. The Morgan fingerprint density at radius 3 is 1.65 bits per heavy atom. The summed E-state index contributed by atoms with van der Waals surface area (Å²) < 4.78 is 0. The van der Waals surface area contributed by atoms with Crippen molar-refractivity contribution < 1.29 is 13.1 Å². The predicted octanol–water partition coefficient (Wildman–Crippen LogP) is 6.47. The Morgan fingerprint density at radius 2 is 1.19 bits per heavy atom. The van der Waals surface area contributed by atoms with E-state index in [1.807, 2.05) is 18.3 Å². The van der Waals surface area contributed by atoms with Crippen molar-refractivity contribution in [2.24, 2.45) is 15.0 Å². The van der Waals surface area contributed by atoms with Crippen molar-refractivity contribution in [2.75, 3.05) is 6.54 Å². The summed E-state index contributed by atoms with van der Waals surface area (Å²) in [7, 11) is 9.53. The Hall–Kier alpha value is -1.45. The summed E-state index contributed by atoms with van der Waals surface area (Å²) in [6.45, 7) is 8.81. The molecule has 0 unspecified atom stereocenters. The predicted molar refractivity (Wildman–Crippen MR) is 113 cm³/mol. The van der Waals surface area contributed by atoms with Crippen LogP contribution in [0.4, 0.5) is 11.4 Å². The monoisotopic (exact) mass is 431 g/mol. The fraction of sp³-hybridized carbons (Fsp3) is 0.250. The normalized spacial score (nSPS) is 11.5. The van der Waals surface area contributed by atoms with Crippen LogP contribution in [0.15, 0.2) is 51.4 Å². The van der Waals surface area contributed by atoms with Gasteiger partial charge in [0, 0.05) is 18.6 Å². The topological polar surface area (TPSA) is 37.1 Å². The van der Waals surface area contributed by atoms with Gasteiger partial charge in [0.1, 0.15) is 0 Å². The number of nitrogens with zero attached hydrogens (tertiary/aromatic N) is 3. The molecule has 2 aromatic carbocycles. The molecular weight excluding hydrogens is 409 g/mol. The maximum absolute atomic E-state index is 4.76. The van der Waals surface area contributed by atoms with Gasteiger partial charge in [-0.3, -0.25) is 15.0 Å². The van der Waals surface area contributed by atoms with Gasteiger partial charge in [0.2, 0.25) is 0 Å². The van der Waals surface area contributed by atoms with Crippen LogP contribution in [0.1, 0.15) is 22.3 Å². The second kappa shape index (κ2) is 12.8. The number of halogens is 2. The third kappa shape index (κ3) is 7.84. The van der Waals surface area contributed by atoms with Crippen molar-refractivity contribution in [3.8, 4) is 0 Å². The minimum absolute atomic E-state index is 0.194. The standard InChI is InChI=1S/C20H23N3.2ClH.Fe/c1-15-7-5-8-16(2)19(15)22-13-11-21-12-14-23-20-17(3)9-6-10-18(20)4;;;/h5-11,13-14H,12H2,1-4H3;2*1H;/q;;;+2/p-2. The van der Waals surface area contributed by atoms with Gasteiger partial charge in [-0.1, -0.05) is 36.4 Å². The summed E-state index contributed by atoms with van der Waals surface area (Å²) in [4.78, 5) is 13.3. The number of benzene rings is 2. The van der Waals surface area contributed by atoms with Gasteiger partial charge < -0.3 is 0 Å². The van der Waals surface area contributed by atoms with Crippen LogP contribution in [-0.2, 0) is 13.1 Å². The van der Waals surface area contributed by atoms with E-state index in [2.05, 4.69) is 66.9 Å². The van der Waals surface area contributed by atoms with Crippen LogP contribution < -0.4 is 0 Å². The molecule has 0 saturated heterocycles. The zero-order chi connectivity index (χ0) is 19.4. The molecule has 0 amide bonds. The van der Waals surface area contributed by atoms with E-state index in [1.54, 1.807) is 12.4 Å². The van der Waals surface area contributed by atoms with E-state index < -0.39 is 0 Å². The fourth-order valence-electron chi connectivity index (χ4n) is 2.41. The molecule has 0 fully saturated rings. The van der Waals surface area contributed by atoms with Crippen molar-refractivity contribution in [1.29, 1.82) is 0 Å². The van der Waals surface area contributed by atoms with Crippen molar-refractivity contribution in [1.82, 2.24) is 0 Å². The van der Waals surface area contributed by atoms with E-state index in [9.17, 15) is 0 Å². The molecule has 2 rings (SSSR count). The summed E-state index contributed by atoms with van der Waals surface area (Å²) in [5.74, 6) is 0. The molecule has 0 atom stereocenters. The Labute approximate surface area is 170 Å². The van der Waals surface area contributed by atoms with Crippen LogP contribution in [-0.4, -0.2) is 25.2 Å². The first-order valence-corrected chi connectivity index (χ1v) is 11.1. The minimum atomic E-state index is 0.194. The van der Waals surface area contributed by atoms with Crippen LogP contribution >= 0.6 is 20.2 Å². The van der Waals surface area contributed by atoms with Gasteiger partial charge in [-0.2, -0.15) is 0 Å². The Balaban J connectivity index is 0.00000105. The third-order valence-corrected chi connectivity index (χ3v) is 3.66. The number of hydrogen-bond donors (Lipinski definition) is 0. The number of aliphatic imine (C=N–C) groups is 3. The van der Waals surface area contributed by atoms with Crippen LogP contribution in [0.25, 0.3) is 0 Å². The molecule has 0 aromatic heterocycles. The van der Waals surface area contributed by atoms with E-state index in [0.29, 0.717) is 6.54 Å². The van der Waals surface area contributed by atoms with Gasteiger partial charge in [-0.05, 0) is 49.9 Å². The van der Waals surface area contributed by atoms with Gasteiger partial charge >= 0.3 is 33.3 Å². The summed E-state index contributed by atoms with van der Waals surface area (Å²) >= 11 is 0.194. The van der Waals surface area contributed by atoms with Gasteiger partial charge in [-0.15, -0.1) is 0 Å². The van der Waals surface area contributed by atoms with E-state index >= 15 is 0 Å². The first kappa shape index (κ1) is 22.6. The molecule has 140 valence electrons. The number of aryl methyl sites for hydroxylation is 4. The summed E-state index contributed by atoms with van der Waals surface area (Å²) in [6.07, 6.45) is 5.30. The van der Waals surface area contributed by atoms with Crippen LogP contribution in [0, 0.1) is 27.7 Å². The molecule has 0 saturated carbocycles. The van der Waals surface area contributed by atoms with E-state index in [-0.39, 0.29) is 13.1 Å². The molecule has 6 heteroatoms. The summed E-state index contributed by atoms with van der Waals surface area (Å²) in [5, 5.41) is 0. The van der Waals surface area contributed by atoms with E-state index in [1.165, 1.54) is 22.3 Å². The second-order valence-corrected chi connectivity index (χ2v) is 7.46. The van der Waals surface area contributed by atoms with Crippen LogP contribution in [0.3, 0.4) is 0 Å². The first-order chi connectivity index (χ1) is 12.5. The molecular formula is C20H23Cl2FeN3. The SMILES string of the molecule is Cc1cccc(C)c1N=CC=NCC=Nc1c(C)cccc1C.[Cl][Fe][Cl]. The molecule has 0 aliphatic carbocycles. The van der Waals surface area contributed by atoms with Crippen LogP contribution in [0.5, 0.6) is 0 Å². The van der Waals surface area contributed by atoms with Crippen molar-refractivity contribution in [3.05, 3.63) is 58.7 Å². The van der Waals surface area contributed by atoms with Crippen molar-refractivity contribution >= 4 is 50.2 Å². The molecule has 0 aliphatic rings. The number of para-hydroxylation sites is 2. The Kier molecular flexibility index (Phi) is 11.1. The molecule has 2 aromatic rings. The molecule has 0 bridgehead atoms. The summed E-state index contributed by atoms with van der Waals surface area (Å²) in [5.41, 5.74) is 6.76. The van der Waals surface area contributed by atoms with Crippen LogP contribution in [0.2, 0.25) is 0 Å². The van der Waals surface area contributed by atoms with E-state index in [0.717, 1.165) is 11.4 Å².